The highest BCUT2D eigenvalue weighted by atomic mass is 16.5. The van der Waals surface area contributed by atoms with E-state index in [0.29, 0.717) is 24.4 Å². The standard InChI is InChI=1S/C21H23N3O3/c1-15(22-13-14-26-2)19-20(16-7-5-4-6-8-16)23-24(21(19)25)17-9-11-18(27-3)12-10-17/h4-12,23H,13-14H2,1-3H3. The molecule has 0 fully saturated rings. The molecule has 2 aromatic carbocycles. The van der Waals surface area contributed by atoms with E-state index in [4.69, 9.17) is 9.47 Å². The molecule has 1 aromatic heterocycles. The fourth-order valence-corrected chi connectivity index (χ4v) is 2.88. The van der Waals surface area contributed by atoms with Crippen molar-refractivity contribution in [3.63, 3.8) is 0 Å². The van der Waals surface area contributed by atoms with Gasteiger partial charge >= 0.3 is 0 Å². The zero-order chi connectivity index (χ0) is 19.2. The van der Waals surface area contributed by atoms with Gasteiger partial charge in [0.1, 0.15) is 5.75 Å². The first-order chi connectivity index (χ1) is 13.2. The van der Waals surface area contributed by atoms with E-state index in [-0.39, 0.29) is 5.56 Å². The predicted octanol–water partition coefficient (Wildman–Crippen LogP) is 3.30. The summed E-state index contributed by atoms with van der Waals surface area (Å²) in [7, 11) is 3.24. The van der Waals surface area contributed by atoms with Gasteiger partial charge in [0.15, 0.2) is 0 Å². The molecule has 0 bridgehead atoms. The van der Waals surface area contributed by atoms with Crippen molar-refractivity contribution in [1.29, 1.82) is 0 Å². The van der Waals surface area contributed by atoms with Crippen LogP contribution in [0.5, 0.6) is 5.75 Å². The number of rotatable bonds is 7. The van der Waals surface area contributed by atoms with Crippen molar-refractivity contribution in [1.82, 2.24) is 9.78 Å². The number of nitrogens with one attached hydrogen (secondary N) is 1. The summed E-state index contributed by atoms with van der Waals surface area (Å²) in [6, 6.07) is 17.1. The smallest absolute Gasteiger partial charge is 0.280 e. The normalized spacial score (nSPS) is 11.6. The maximum atomic E-state index is 13.2. The Morgan fingerprint density at radius 2 is 1.78 bits per heavy atom. The lowest BCUT2D eigenvalue weighted by atomic mass is 10.1. The second-order valence-corrected chi connectivity index (χ2v) is 6.03. The number of benzene rings is 2. The lowest BCUT2D eigenvalue weighted by molar-refractivity contribution is 0.208. The number of ether oxygens (including phenoxy) is 2. The van der Waals surface area contributed by atoms with Crippen molar-refractivity contribution >= 4 is 5.71 Å². The van der Waals surface area contributed by atoms with E-state index in [1.807, 2.05) is 61.5 Å². The SMILES string of the molecule is COCCN=C(C)c1c(-c2ccccc2)[nH]n(-c2ccc(OC)cc2)c1=O. The van der Waals surface area contributed by atoms with E-state index in [0.717, 1.165) is 22.7 Å². The first-order valence-electron chi connectivity index (χ1n) is 8.71. The molecule has 0 saturated heterocycles. The van der Waals surface area contributed by atoms with E-state index in [1.54, 1.807) is 14.2 Å². The summed E-state index contributed by atoms with van der Waals surface area (Å²) in [6.07, 6.45) is 0. The third-order valence-electron chi connectivity index (χ3n) is 4.29. The van der Waals surface area contributed by atoms with E-state index < -0.39 is 0 Å². The Balaban J connectivity index is 2.13. The molecule has 0 saturated carbocycles. The molecule has 1 N–H and O–H groups in total. The molecule has 1 heterocycles. The molecule has 6 heteroatoms. The van der Waals surface area contributed by atoms with E-state index in [2.05, 4.69) is 10.1 Å². The van der Waals surface area contributed by atoms with Gasteiger partial charge in [0, 0.05) is 18.4 Å². The Labute approximate surface area is 158 Å². The van der Waals surface area contributed by atoms with Crippen LogP contribution < -0.4 is 10.3 Å². The lowest BCUT2D eigenvalue weighted by Gasteiger charge is -2.04. The van der Waals surface area contributed by atoms with Crippen LogP contribution in [0.2, 0.25) is 0 Å². The molecule has 140 valence electrons. The molecule has 0 aliphatic heterocycles. The molecular formula is C21H23N3O3. The van der Waals surface area contributed by atoms with Crippen molar-refractivity contribution in [3.8, 4) is 22.7 Å². The summed E-state index contributed by atoms with van der Waals surface area (Å²) in [4.78, 5) is 17.7. The molecule has 27 heavy (non-hydrogen) atoms. The van der Waals surface area contributed by atoms with Gasteiger partial charge in [-0.05, 0) is 31.2 Å². The van der Waals surface area contributed by atoms with Crippen molar-refractivity contribution in [2.75, 3.05) is 27.4 Å². The molecule has 0 aliphatic rings. The lowest BCUT2D eigenvalue weighted by Crippen LogP contribution is -2.20. The van der Waals surface area contributed by atoms with Crippen molar-refractivity contribution < 1.29 is 9.47 Å². The molecule has 3 rings (SSSR count). The second-order valence-electron chi connectivity index (χ2n) is 6.03. The highest BCUT2D eigenvalue weighted by molar-refractivity contribution is 6.03. The van der Waals surface area contributed by atoms with Gasteiger partial charge in [0.05, 0.1) is 37.2 Å². The van der Waals surface area contributed by atoms with Crippen LogP contribution in [0.1, 0.15) is 12.5 Å². The topological polar surface area (TPSA) is 68.6 Å². The van der Waals surface area contributed by atoms with Crippen molar-refractivity contribution in [2.24, 2.45) is 4.99 Å². The summed E-state index contributed by atoms with van der Waals surface area (Å²) >= 11 is 0. The highest BCUT2D eigenvalue weighted by Gasteiger charge is 2.19. The number of aliphatic imine (C=N–C) groups is 1. The summed E-state index contributed by atoms with van der Waals surface area (Å²) in [5.41, 5.74) is 3.51. The monoisotopic (exact) mass is 365 g/mol. The van der Waals surface area contributed by atoms with E-state index in [9.17, 15) is 4.79 Å². The highest BCUT2D eigenvalue weighted by Crippen LogP contribution is 2.22. The maximum Gasteiger partial charge on any atom is 0.280 e. The Hall–Kier alpha value is -3.12. The molecule has 0 atom stereocenters. The van der Waals surface area contributed by atoms with Gasteiger partial charge in [-0.15, -0.1) is 0 Å². The number of aromatic amines is 1. The number of hydrogen-bond acceptors (Lipinski definition) is 4. The van der Waals surface area contributed by atoms with Crippen LogP contribution >= 0.6 is 0 Å². The van der Waals surface area contributed by atoms with Crippen LogP contribution in [0.3, 0.4) is 0 Å². The van der Waals surface area contributed by atoms with Crippen LogP contribution in [0, 0.1) is 0 Å². The number of aromatic nitrogens is 2. The van der Waals surface area contributed by atoms with Crippen LogP contribution in [-0.2, 0) is 4.74 Å². The molecule has 0 aliphatic carbocycles. The van der Waals surface area contributed by atoms with Gasteiger partial charge in [-0.1, -0.05) is 30.3 Å². The summed E-state index contributed by atoms with van der Waals surface area (Å²) in [6.45, 7) is 2.86. The quantitative estimate of drug-likeness (QED) is 0.516. The van der Waals surface area contributed by atoms with Gasteiger partial charge in [0.2, 0.25) is 0 Å². The average Bonchev–Trinajstić information content (AvgIpc) is 3.06. The maximum absolute atomic E-state index is 13.2. The number of nitrogens with zero attached hydrogens (tertiary/aromatic N) is 2. The van der Waals surface area contributed by atoms with Crippen LogP contribution in [0.4, 0.5) is 0 Å². The second kappa shape index (κ2) is 8.51. The molecular weight excluding hydrogens is 342 g/mol. The average molecular weight is 365 g/mol. The Bertz CT molecular complexity index is 970. The zero-order valence-electron chi connectivity index (χ0n) is 15.7. The minimum absolute atomic E-state index is 0.141. The van der Waals surface area contributed by atoms with Gasteiger partial charge < -0.3 is 9.47 Å². The molecule has 0 amide bonds. The summed E-state index contributed by atoms with van der Waals surface area (Å²) < 4.78 is 11.8. The van der Waals surface area contributed by atoms with Crippen LogP contribution in [0.25, 0.3) is 16.9 Å². The number of methoxy groups -OCH3 is 2. The molecule has 3 aromatic rings. The summed E-state index contributed by atoms with van der Waals surface area (Å²) in [5.74, 6) is 0.735. The minimum Gasteiger partial charge on any atom is -0.497 e. The summed E-state index contributed by atoms with van der Waals surface area (Å²) in [5, 5.41) is 3.24. The first kappa shape index (κ1) is 18.7. The number of H-pyrrole nitrogens is 1. The van der Waals surface area contributed by atoms with Crippen LogP contribution in [0.15, 0.2) is 64.4 Å². The Morgan fingerprint density at radius 3 is 2.41 bits per heavy atom. The molecule has 0 radical (unpaired) electrons. The molecule has 6 nitrogen and oxygen atoms in total. The third kappa shape index (κ3) is 4.01. The van der Waals surface area contributed by atoms with Gasteiger partial charge in [-0.25, -0.2) is 4.68 Å². The Morgan fingerprint density at radius 1 is 1.07 bits per heavy atom. The molecule has 0 unspecified atom stereocenters. The van der Waals surface area contributed by atoms with E-state index >= 15 is 0 Å². The van der Waals surface area contributed by atoms with Crippen molar-refractivity contribution in [2.45, 2.75) is 6.92 Å². The van der Waals surface area contributed by atoms with Crippen molar-refractivity contribution in [3.05, 3.63) is 70.5 Å². The van der Waals surface area contributed by atoms with Gasteiger partial charge in [-0.2, -0.15) is 0 Å². The first-order valence-corrected chi connectivity index (χ1v) is 8.71. The molecule has 0 spiro atoms. The van der Waals surface area contributed by atoms with Gasteiger partial charge in [0.25, 0.3) is 5.56 Å². The Kier molecular flexibility index (Phi) is 5.88. The predicted molar refractivity (Wildman–Crippen MR) is 107 cm³/mol. The van der Waals surface area contributed by atoms with Gasteiger partial charge in [-0.3, -0.25) is 14.9 Å². The largest absolute Gasteiger partial charge is 0.497 e. The fraction of sp³-hybridized carbons (Fsp3) is 0.238. The van der Waals surface area contributed by atoms with Crippen LogP contribution in [-0.4, -0.2) is 42.9 Å². The fourth-order valence-electron chi connectivity index (χ4n) is 2.88. The van der Waals surface area contributed by atoms with E-state index in [1.165, 1.54) is 4.68 Å². The third-order valence-corrected chi connectivity index (χ3v) is 4.29. The zero-order valence-corrected chi connectivity index (χ0v) is 15.7. The minimum atomic E-state index is -0.141. The number of hydrogen-bond donors (Lipinski definition) is 1.